The lowest BCUT2D eigenvalue weighted by molar-refractivity contribution is 0.0921. The first-order valence-electron chi connectivity index (χ1n) is 6.08. The van der Waals surface area contributed by atoms with Crippen LogP contribution in [0.15, 0.2) is 22.7 Å². The van der Waals surface area contributed by atoms with Gasteiger partial charge in [-0.25, -0.2) is 4.39 Å². The highest BCUT2D eigenvalue weighted by Gasteiger charge is 2.21. The minimum atomic E-state index is -0.497. The molecule has 106 valence electrons. The molecule has 1 amide bonds. The average molecular weight is 352 g/mol. The van der Waals surface area contributed by atoms with Crippen molar-refractivity contribution in [3.63, 3.8) is 0 Å². The van der Waals surface area contributed by atoms with Crippen molar-refractivity contribution in [3.8, 4) is 0 Å². The van der Waals surface area contributed by atoms with Crippen molar-refractivity contribution in [3.05, 3.63) is 34.1 Å². The van der Waals surface area contributed by atoms with E-state index in [9.17, 15) is 9.18 Å². The normalized spacial score (nSPS) is 22.5. The van der Waals surface area contributed by atoms with Crippen LogP contribution in [-0.2, 0) is 0 Å². The lowest BCUT2D eigenvalue weighted by Gasteiger charge is -2.26. The van der Waals surface area contributed by atoms with Gasteiger partial charge in [0.25, 0.3) is 5.91 Å². The third kappa shape index (κ3) is 4.44. The van der Waals surface area contributed by atoms with E-state index in [0.29, 0.717) is 4.47 Å². The molecule has 0 aromatic heterocycles. The van der Waals surface area contributed by atoms with Crippen molar-refractivity contribution in [2.24, 2.45) is 5.73 Å². The maximum absolute atomic E-state index is 13.5. The van der Waals surface area contributed by atoms with Gasteiger partial charge in [0, 0.05) is 16.6 Å². The molecule has 1 aromatic rings. The Bertz CT molecular complexity index is 450. The molecule has 0 radical (unpaired) electrons. The second-order valence-corrected chi connectivity index (χ2v) is 5.63. The molecule has 1 aliphatic rings. The van der Waals surface area contributed by atoms with Crippen LogP contribution in [0.3, 0.4) is 0 Å². The van der Waals surface area contributed by atoms with Gasteiger partial charge in [0.15, 0.2) is 0 Å². The van der Waals surface area contributed by atoms with Gasteiger partial charge in [-0.3, -0.25) is 4.79 Å². The molecule has 3 nitrogen and oxygen atoms in total. The molecular formula is C13H17BrClFN2O. The number of hydrogen-bond acceptors (Lipinski definition) is 2. The highest BCUT2D eigenvalue weighted by Crippen LogP contribution is 2.19. The predicted molar refractivity (Wildman–Crippen MR) is 79.0 cm³/mol. The Morgan fingerprint density at radius 2 is 1.95 bits per heavy atom. The number of nitrogens with two attached hydrogens (primary N) is 1. The van der Waals surface area contributed by atoms with Gasteiger partial charge in [0.2, 0.25) is 0 Å². The summed E-state index contributed by atoms with van der Waals surface area (Å²) in [5.74, 6) is -0.850. The fraction of sp³-hybridized carbons (Fsp3) is 0.462. The summed E-state index contributed by atoms with van der Waals surface area (Å²) in [6, 6.07) is 4.71. The molecule has 0 aliphatic heterocycles. The topological polar surface area (TPSA) is 55.1 Å². The van der Waals surface area contributed by atoms with Crippen LogP contribution in [0.5, 0.6) is 0 Å². The number of carbonyl (C=O) groups is 1. The van der Waals surface area contributed by atoms with Crippen molar-refractivity contribution >= 4 is 34.2 Å². The van der Waals surface area contributed by atoms with Crippen LogP contribution in [-0.4, -0.2) is 18.0 Å². The highest BCUT2D eigenvalue weighted by atomic mass is 79.9. The van der Waals surface area contributed by atoms with Crippen molar-refractivity contribution in [1.29, 1.82) is 0 Å². The Morgan fingerprint density at radius 1 is 1.32 bits per heavy atom. The third-order valence-corrected chi connectivity index (χ3v) is 3.77. The van der Waals surface area contributed by atoms with E-state index < -0.39 is 5.82 Å². The molecular weight excluding hydrogens is 335 g/mol. The monoisotopic (exact) mass is 350 g/mol. The number of amides is 1. The molecule has 19 heavy (non-hydrogen) atoms. The Labute approximate surface area is 126 Å². The van der Waals surface area contributed by atoms with Crippen molar-refractivity contribution in [2.45, 2.75) is 37.8 Å². The van der Waals surface area contributed by atoms with Crippen molar-refractivity contribution in [2.75, 3.05) is 0 Å². The summed E-state index contributed by atoms with van der Waals surface area (Å²) in [6.07, 6.45) is 3.54. The zero-order valence-electron chi connectivity index (χ0n) is 10.4. The van der Waals surface area contributed by atoms with Gasteiger partial charge in [-0.1, -0.05) is 15.9 Å². The standard InChI is InChI=1S/C13H16BrFN2O.ClH/c14-8-1-6-12(15)11(7-8)13(18)17-10-4-2-9(16)3-5-10;/h1,6-7,9-10H,2-5,16H2,(H,17,18);1H. The molecule has 1 saturated carbocycles. The number of nitrogens with one attached hydrogen (secondary N) is 1. The maximum atomic E-state index is 13.5. The van der Waals surface area contributed by atoms with Crippen LogP contribution in [0.4, 0.5) is 4.39 Å². The van der Waals surface area contributed by atoms with E-state index in [-0.39, 0.29) is 36.0 Å². The Balaban J connectivity index is 0.00000180. The van der Waals surface area contributed by atoms with E-state index in [2.05, 4.69) is 21.2 Å². The van der Waals surface area contributed by atoms with Crippen LogP contribution < -0.4 is 11.1 Å². The molecule has 1 fully saturated rings. The summed E-state index contributed by atoms with van der Waals surface area (Å²) in [6.45, 7) is 0. The summed E-state index contributed by atoms with van der Waals surface area (Å²) < 4.78 is 14.2. The smallest absolute Gasteiger partial charge is 0.254 e. The molecule has 0 spiro atoms. The number of benzene rings is 1. The van der Waals surface area contributed by atoms with Crippen LogP contribution in [0.2, 0.25) is 0 Å². The zero-order valence-corrected chi connectivity index (χ0v) is 12.8. The number of carbonyl (C=O) groups excluding carboxylic acids is 1. The third-order valence-electron chi connectivity index (χ3n) is 3.28. The van der Waals surface area contributed by atoms with Gasteiger partial charge < -0.3 is 11.1 Å². The summed E-state index contributed by atoms with van der Waals surface area (Å²) >= 11 is 3.23. The van der Waals surface area contributed by atoms with Gasteiger partial charge >= 0.3 is 0 Å². The molecule has 0 unspecified atom stereocenters. The van der Waals surface area contributed by atoms with Gasteiger partial charge in [-0.05, 0) is 43.9 Å². The molecule has 0 atom stereocenters. The summed E-state index contributed by atoms with van der Waals surface area (Å²) in [5, 5.41) is 2.87. The molecule has 3 N–H and O–H groups in total. The van der Waals surface area contributed by atoms with Crippen LogP contribution in [0.1, 0.15) is 36.0 Å². The van der Waals surface area contributed by atoms with E-state index in [1.54, 1.807) is 6.07 Å². The number of hydrogen-bond donors (Lipinski definition) is 2. The SMILES string of the molecule is Cl.NC1CCC(NC(=O)c2cc(Br)ccc2F)CC1. The Kier molecular flexibility index (Phi) is 6.23. The molecule has 2 rings (SSSR count). The largest absolute Gasteiger partial charge is 0.349 e. The van der Waals surface area contributed by atoms with Gasteiger partial charge in [0.1, 0.15) is 5.82 Å². The second-order valence-electron chi connectivity index (χ2n) is 4.71. The Hall–Kier alpha value is -0.650. The molecule has 1 aliphatic carbocycles. The minimum Gasteiger partial charge on any atom is -0.349 e. The fourth-order valence-corrected chi connectivity index (χ4v) is 2.56. The Morgan fingerprint density at radius 3 is 2.58 bits per heavy atom. The van der Waals surface area contributed by atoms with Crippen LogP contribution in [0.25, 0.3) is 0 Å². The van der Waals surface area contributed by atoms with E-state index in [1.165, 1.54) is 12.1 Å². The number of halogens is 3. The summed E-state index contributed by atoms with van der Waals surface area (Å²) in [7, 11) is 0. The van der Waals surface area contributed by atoms with Gasteiger partial charge in [-0.15, -0.1) is 12.4 Å². The summed E-state index contributed by atoms with van der Waals surface area (Å²) in [5.41, 5.74) is 5.89. The van der Waals surface area contributed by atoms with Crippen LogP contribution >= 0.6 is 28.3 Å². The van der Waals surface area contributed by atoms with E-state index in [4.69, 9.17) is 5.73 Å². The van der Waals surface area contributed by atoms with Gasteiger partial charge in [-0.2, -0.15) is 0 Å². The molecule has 0 bridgehead atoms. The predicted octanol–water partition coefficient (Wildman–Crippen LogP) is 3.01. The van der Waals surface area contributed by atoms with Crippen LogP contribution in [0, 0.1) is 5.82 Å². The maximum Gasteiger partial charge on any atom is 0.254 e. The highest BCUT2D eigenvalue weighted by molar-refractivity contribution is 9.10. The molecule has 6 heteroatoms. The van der Waals surface area contributed by atoms with E-state index >= 15 is 0 Å². The van der Waals surface area contributed by atoms with E-state index in [0.717, 1.165) is 25.7 Å². The van der Waals surface area contributed by atoms with Gasteiger partial charge in [0.05, 0.1) is 5.56 Å². The van der Waals surface area contributed by atoms with Crippen molar-refractivity contribution < 1.29 is 9.18 Å². The average Bonchev–Trinajstić information content (AvgIpc) is 2.35. The number of rotatable bonds is 2. The molecule has 0 saturated heterocycles. The fourth-order valence-electron chi connectivity index (χ4n) is 2.20. The lowest BCUT2D eigenvalue weighted by Crippen LogP contribution is -2.40. The second kappa shape index (κ2) is 7.22. The minimum absolute atomic E-state index is 0. The lowest BCUT2D eigenvalue weighted by atomic mass is 9.91. The quantitative estimate of drug-likeness (QED) is 0.860. The zero-order chi connectivity index (χ0) is 13.1. The first-order chi connectivity index (χ1) is 8.56. The molecule has 1 aromatic carbocycles. The summed E-state index contributed by atoms with van der Waals surface area (Å²) in [4.78, 5) is 12.0. The first kappa shape index (κ1) is 16.4. The molecule has 0 heterocycles. The first-order valence-corrected chi connectivity index (χ1v) is 6.87. The van der Waals surface area contributed by atoms with Crippen molar-refractivity contribution in [1.82, 2.24) is 5.32 Å². The van der Waals surface area contributed by atoms with E-state index in [1.807, 2.05) is 0 Å².